The zero-order valence-electron chi connectivity index (χ0n) is 7.21. The maximum absolute atomic E-state index is 11.0. The lowest BCUT2D eigenvalue weighted by atomic mass is 10.3. The zero-order chi connectivity index (χ0) is 9.84. The predicted molar refractivity (Wildman–Crippen MR) is 47.8 cm³/mol. The van der Waals surface area contributed by atoms with Crippen molar-refractivity contribution < 1.29 is 15.0 Å². The number of anilines is 1. The molecule has 0 unspecified atom stereocenters. The van der Waals surface area contributed by atoms with Crippen LogP contribution in [0.3, 0.4) is 0 Å². The fraction of sp³-hybridized carbons (Fsp3) is 0.222. The molecular weight excluding hydrogens is 170 g/mol. The maximum atomic E-state index is 11.0. The van der Waals surface area contributed by atoms with Crippen LogP contribution in [0.15, 0.2) is 30.3 Å². The zero-order valence-corrected chi connectivity index (χ0v) is 7.21. The van der Waals surface area contributed by atoms with Crippen LogP contribution in [-0.4, -0.2) is 22.5 Å². The Bertz CT molecular complexity index is 284. The van der Waals surface area contributed by atoms with Crippen molar-refractivity contribution in [1.82, 2.24) is 0 Å². The Morgan fingerprint density at radius 2 is 1.85 bits per heavy atom. The number of carbonyl (C=O) groups excluding carboxylic acids is 1. The fourth-order valence-corrected chi connectivity index (χ4v) is 1.07. The lowest BCUT2D eigenvalue weighted by Crippen LogP contribution is -2.38. The molecule has 1 aromatic rings. The SMILES string of the molecule is CC(=O)N(c1ccccc1)C(O)O. The van der Waals surface area contributed by atoms with E-state index in [1.165, 1.54) is 6.92 Å². The van der Waals surface area contributed by atoms with Crippen LogP contribution in [0.2, 0.25) is 0 Å². The highest BCUT2D eigenvalue weighted by molar-refractivity contribution is 5.91. The summed E-state index contributed by atoms with van der Waals surface area (Å²) in [5, 5.41) is 17.8. The second kappa shape index (κ2) is 4.02. The van der Waals surface area contributed by atoms with Crippen molar-refractivity contribution in [2.24, 2.45) is 0 Å². The minimum absolute atomic E-state index is 0.416. The Hall–Kier alpha value is -1.39. The summed E-state index contributed by atoms with van der Waals surface area (Å²) in [6, 6.07) is 8.47. The third-order valence-corrected chi connectivity index (χ3v) is 1.60. The van der Waals surface area contributed by atoms with E-state index >= 15 is 0 Å². The summed E-state index contributed by atoms with van der Waals surface area (Å²) in [6.07, 6.45) is -1.79. The Morgan fingerprint density at radius 1 is 1.31 bits per heavy atom. The van der Waals surface area contributed by atoms with Crippen LogP contribution >= 0.6 is 0 Å². The molecule has 0 radical (unpaired) electrons. The van der Waals surface area contributed by atoms with Gasteiger partial charge in [-0.25, -0.2) is 0 Å². The van der Waals surface area contributed by atoms with Gasteiger partial charge in [-0.3, -0.25) is 9.69 Å². The molecule has 1 rings (SSSR count). The predicted octanol–water partition coefficient (Wildman–Crippen LogP) is 0.308. The number of hydrogen-bond donors (Lipinski definition) is 2. The number of aliphatic hydroxyl groups excluding tert-OH is 1. The number of amides is 1. The molecule has 0 saturated carbocycles. The summed E-state index contributed by atoms with van der Waals surface area (Å²) in [6.45, 7) is 1.27. The van der Waals surface area contributed by atoms with E-state index in [2.05, 4.69) is 0 Å². The number of rotatable bonds is 2. The maximum Gasteiger partial charge on any atom is 0.241 e. The number of benzene rings is 1. The molecule has 0 fully saturated rings. The van der Waals surface area contributed by atoms with E-state index in [0.29, 0.717) is 5.69 Å². The van der Waals surface area contributed by atoms with Crippen molar-refractivity contribution in [3.05, 3.63) is 30.3 Å². The van der Waals surface area contributed by atoms with E-state index in [-0.39, 0.29) is 0 Å². The van der Waals surface area contributed by atoms with Gasteiger partial charge in [0.2, 0.25) is 12.3 Å². The average molecular weight is 181 g/mol. The van der Waals surface area contributed by atoms with E-state index < -0.39 is 12.3 Å². The second-order valence-electron chi connectivity index (χ2n) is 2.57. The molecule has 0 bridgehead atoms. The van der Waals surface area contributed by atoms with Gasteiger partial charge in [0.1, 0.15) is 0 Å². The summed E-state index contributed by atoms with van der Waals surface area (Å²) in [5.74, 6) is -0.416. The van der Waals surface area contributed by atoms with E-state index in [9.17, 15) is 4.79 Å². The van der Waals surface area contributed by atoms with Crippen LogP contribution in [0.5, 0.6) is 0 Å². The third kappa shape index (κ3) is 2.27. The van der Waals surface area contributed by atoms with Crippen LogP contribution in [0.25, 0.3) is 0 Å². The Balaban J connectivity index is 2.96. The first-order chi connectivity index (χ1) is 6.13. The Kier molecular flexibility index (Phi) is 3.00. The van der Waals surface area contributed by atoms with Crippen LogP contribution < -0.4 is 4.90 Å². The fourth-order valence-electron chi connectivity index (χ4n) is 1.07. The van der Waals surface area contributed by atoms with Crippen LogP contribution in [0, 0.1) is 0 Å². The summed E-state index contributed by atoms with van der Waals surface area (Å²) in [4.78, 5) is 11.9. The van der Waals surface area contributed by atoms with Gasteiger partial charge in [-0.05, 0) is 12.1 Å². The molecule has 4 nitrogen and oxygen atoms in total. The molecule has 0 aromatic heterocycles. The van der Waals surface area contributed by atoms with Crippen molar-refractivity contribution in [2.45, 2.75) is 13.3 Å². The van der Waals surface area contributed by atoms with Crippen molar-refractivity contribution in [3.63, 3.8) is 0 Å². The molecule has 0 heterocycles. The molecule has 0 atom stereocenters. The highest BCUT2D eigenvalue weighted by Crippen LogP contribution is 2.14. The minimum Gasteiger partial charge on any atom is -0.351 e. The van der Waals surface area contributed by atoms with Crippen LogP contribution in [0.4, 0.5) is 5.69 Å². The topological polar surface area (TPSA) is 60.8 Å². The van der Waals surface area contributed by atoms with Gasteiger partial charge >= 0.3 is 0 Å². The Morgan fingerprint density at radius 3 is 2.23 bits per heavy atom. The highest BCUT2D eigenvalue weighted by atomic mass is 16.5. The molecule has 70 valence electrons. The quantitative estimate of drug-likeness (QED) is 0.645. The first kappa shape index (κ1) is 9.70. The molecule has 2 N–H and O–H groups in total. The number of hydrogen-bond acceptors (Lipinski definition) is 3. The molecular formula is C9H11NO3. The van der Waals surface area contributed by atoms with Crippen molar-refractivity contribution >= 4 is 11.6 Å². The van der Waals surface area contributed by atoms with Gasteiger partial charge < -0.3 is 10.2 Å². The third-order valence-electron chi connectivity index (χ3n) is 1.60. The van der Waals surface area contributed by atoms with E-state index in [4.69, 9.17) is 10.2 Å². The molecule has 0 aliphatic carbocycles. The highest BCUT2D eigenvalue weighted by Gasteiger charge is 2.16. The standard InChI is InChI=1S/C9H11NO3/c1-7(11)10(9(12)13)8-5-3-2-4-6-8/h2-6,9,12-13H,1H3. The van der Waals surface area contributed by atoms with Crippen molar-refractivity contribution in [2.75, 3.05) is 4.90 Å². The van der Waals surface area contributed by atoms with Gasteiger partial charge in [0.05, 0.1) is 0 Å². The number of carbonyl (C=O) groups is 1. The number of para-hydroxylation sites is 1. The van der Waals surface area contributed by atoms with Gasteiger partial charge in [0.15, 0.2) is 0 Å². The monoisotopic (exact) mass is 181 g/mol. The Labute approximate surface area is 76.0 Å². The normalized spacial score (nSPS) is 10.2. The van der Waals surface area contributed by atoms with Gasteiger partial charge in [-0.15, -0.1) is 0 Å². The van der Waals surface area contributed by atoms with Gasteiger partial charge in [-0.1, -0.05) is 18.2 Å². The molecule has 4 heteroatoms. The lowest BCUT2D eigenvalue weighted by molar-refractivity contribution is -0.124. The van der Waals surface area contributed by atoms with Crippen LogP contribution in [-0.2, 0) is 4.79 Å². The van der Waals surface area contributed by atoms with Gasteiger partial charge in [0.25, 0.3) is 0 Å². The summed E-state index contributed by atoms with van der Waals surface area (Å²) >= 11 is 0. The number of aliphatic hydroxyl groups is 2. The second-order valence-corrected chi connectivity index (χ2v) is 2.57. The molecule has 0 aliphatic rings. The molecule has 1 aromatic carbocycles. The minimum atomic E-state index is -1.79. The van der Waals surface area contributed by atoms with E-state index in [0.717, 1.165) is 4.90 Å². The first-order valence-electron chi connectivity index (χ1n) is 3.84. The molecule has 0 spiro atoms. The first-order valence-corrected chi connectivity index (χ1v) is 3.84. The van der Waals surface area contributed by atoms with E-state index in [1.807, 2.05) is 0 Å². The van der Waals surface area contributed by atoms with Gasteiger partial charge in [0, 0.05) is 12.6 Å². The van der Waals surface area contributed by atoms with Crippen molar-refractivity contribution in [3.8, 4) is 0 Å². The molecule has 0 saturated heterocycles. The largest absolute Gasteiger partial charge is 0.351 e. The molecule has 1 amide bonds. The van der Waals surface area contributed by atoms with Crippen molar-refractivity contribution in [1.29, 1.82) is 0 Å². The smallest absolute Gasteiger partial charge is 0.241 e. The summed E-state index contributed by atoms with van der Waals surface area (Å²) in [5.41, 5.74) is 0.463. The average Bonchev–Trinajstić information content (AvgIpc) is 2.04. The summed E-state index contributed by atoms with van der Waals surface area (Å²) in [7, 11) is 0. The lowest BCUT2D eigenvalue weighted by Gasteiger charge is -2.22. The summed E-state index contributed by atoms with van der Waals surface area (Å²) < 4.78 is 0. The number of nitrogens with zero attached hydrogens (tertiary/aromatic N) is 1. The van der Waals surface area contributed by atoms with E-state index in [1.54, 1.807) is 30.3 Å². The van der Waals surface area contributed by atoms with Crippen LogP contribution in [0.1, 0.15) is 6.92 Å². The molecule has 0 aliphatic heterocycles. The molecule has 13 heavy (non-hydrogen) atoms. The van der Waals surface area contributed by atoms with Gasteiger partial charge in [-0.2, -0.15) is 0 Å².